The zero-order chi connectivity index (χ0) is 13.0. The molecule has 0 spiro atoms. The molecule has 0 saturated carbocycles. The quantitative estimate of drug-likeness (QED) is 0.900. The molecule has 1 N–H and O–H groups in total. The van der Waals surface area contributed by atoms with Gasteiger partial charge in [-0.15, -0.1) is 11.3 Å². The monoisotopic (exact) mass is 263 g/mol. The standard InChI is InChI=1S/C13H17N3OS/c1-9-10(2)18-13(16-9)8-17-12-5-4-11(6-14-3)15-7-12/h4-5,7,14H,6,8H2,1-3H3. The Bertz CT molecular complexity index is 488. The number of hydrogen-bond acceptors (Lipinski definition) is 5. The van der Waals surface area contributed by atoms with Gasteiger partial charge in [0.25, 0.3) is 0 Å². The molecule has 0 bridgehead atoms. The zero-order valence-electron chi connectivity index (χ0n) is 10.9. The van der Waals surface area contributed by atoms with Crippen molar-refractivity contribution in [2.24, 2.45) is 0 Å². The summed E-state index contributed by atoms with van der Waals surface area (Å²) < 4.78 is 5.66. The Balaban J connectivity index is 1.93. The molecule has 0 aliphatic carbocycles. The number of pyridine rings is 1. The smallest absolute Gasteiger partial charge is 0.140 e. The lowest BCUT2D eigenvalue weighted by Crippen LogP contribution is -2.06. The molecule has 5 heteroatoms. The minimum absolute atomic E-state index is 0.506. The van der Waals surface area contributed by atoms with Gasteiger partial charge in [-0.3, -0.25) is 4.98 Å². The van der Waals surface area contributed by atoms with E-state index in [2.05, 4.69) is 22.2 Å². The van der Waals surface area contributed by atoms with E-state index in [1.165, 1.54) is 4.88 Å². The second-order valence-electron chi connectivity index (χ2n) is 4.05. The fourth-order valence-corrected chi connectivity index (χ4v) is 2.38. The second kappa shape index (κ2) is 5.93. The van der Waals surface area contributed by atoms with Crippen molar-refractivity contribution in [3.63, 3.8) is 0 Å². The highest BCUT2D eigenvalue weighted by Crippen LogP contribution is 2.18. The van der Waals surface area contributed by atoms with Gasteiger partial charge in [0.15, 0.2) is 0 Å². The van der Waals surface area contributed by atoms with Gasteiger partial charge in [-0.1, -0.05) is 0 Å². The number of aryl methyl sites for hydroxylation is 2. The van der Waals surface area contributed by atoms with Crippen molar-refractivity contribution in [3.8, 4) is 5.75 Å². The molecule has 2 rings (SSSR count). The molecule has 4 nitrogen and oxygen atoms in total. The topological polar surface area (TPSA) is 47.0 Å². The molecule has 0 aliphatic heterocycles. The molecule has 0 atom stereocenters. The SMILES string of the molecule is CNCc1ccc(OCc2nc(C)c(C)s2)cn1. The Morgan fingerprint density at radius 1 is 1.33 bits per heavy atom. The summed E-state index contributed by atoms with van der Waals surface area (Å²) in [5.41, 5.74) is 2.09. The van der Waals surface area contributed by atoms with Gasteiger partial charge < -0.3 is 10.1 Å². The van der Waals surface area contributed by atoms with Gasteiger partial charge in [-0.25, -0.2) is 4.98 Å². The minimum atomic E-state index is 0.506. The van der Waals surface area contributed by atoms with E-state index < -0.39 is 0 Å². The minimum Gasteiger partial charge on any atom is -0.485 e. The molecule has 0 aromatic carbocycles. The van der Waals surface area contributed by atoms with Crippen LogP contribution in [0.15, 0.2) is 18.3 Å². The Morgan fingerprint density at radius 2 is 2.17 bits per heavy atom. The number of rotatable bonds is 5. The fourth-order valence-electron chi connectivity index (χ4n) is 1.53. The third-order valence-corrected chi connectivity index (χ3v) is 3.64. The average molecular weight is 263 g/mol. The maximum absolute atomic E-state index is 5.66. The fraction of sp³-hybridized carbons (Fsp3) is 0.385. The Labute approximate surface area is 111 Å². The molecule has 18 heavy (non-hydrogen) atoms. The molecule has 0 amide bonds. The summed E-state index contributed by atoms with van der Waals surface area (Å²) in [4.78, 5) is 9.98. The van der Waals surface area contributed by atoms with Crippen LogP contribution in [0.3, 0.4) is 0 Å². The molecule has 0 unspecified atom stereocenters. The van der Waals surface area contributed by atoms with Crippen LogP contribution < -0.4 is 10.1 Å². The van der Waals surface area contributed by atoms with E-state index in [1.54, 1.807) is 17.5 Å². The number of nitrogens with zero attached hydrogens (tertiary/aromatic N) is 2. The lowest BCUT2D eigenvalue weighted by molar-refractivity contribution is 0.304. The number of hydrogen-bond donors (Lipinski definition) is 1. The predicted molar refractivity (Wildman–Crippen MR) is 72.9 cm³/mol. The number of thiazole rings is 1. The Kier molecular flexibility index (Phi) is 4.28. The molecule has 0 saturated heterocycles. The molecule has 2 heterocycles. The molecule has 2 aromatic heterocycles. The number of ether oxygens (including phenoxy) is 1. The summed E-state index contributed by atoms with van der Waals surface area (Å²) in [6.45, 7) is 5.37. The van der Waals surface area contributed by atoms with Crippen LogP contribution in [0.25, 0.3) is 0 Å². The summed E-state index contributed by atoms with van der Waals surface area (Å²) in [6, 6.07) is 3.90. The lowest BCUT2D eigenvalue weighted by atomic mass is 10.3. The van der Waals surface area contributed by atoms with Crippen molar-refractivity contribution >= 4 is 11.3 Å². The van der Waals surface area contributed by atoms with Crippen LogP contribution in [-0.2, 0) is 13.2 Å². The van der Waals surface area contributed by atoms with E-state index in [4.69, 9.17) is 4.74 Å². The number of aromatic nitrogens is 2. The van der Waals surface area contributed by atoms with E-state index in [-0.39, 0.29) is 0 Å². The number of nitrogens with one attached hydrogen (secondary N) is 1. The van der Waals surface area contributed by atoms with E-state index in [1.807, 2.05) is 26.1 Å². The van der Waals surface area contributed by atoms with E-state index in [0.717, 1.165) is 28.7 Å². The van der Waals surface area contributed by atoms with Crippen LogP contribution in [0.2, 0.25) is 0 Å². The van der Waals surface area contributed by atoms with Crippen molar-refractivity contribution in [3.05, 3.63) is 39.6 Å². The first-order valence-corrected chi connectivity index (χ1v) is 6.66. The lowest BCUT2D eigenvalue weighted by Gasteiger charge is -2.04. The Hall–Kier alpha value is -1.46. The first-order chi connectivity index (χ1) is 8.69. The molecule has 0 fully saturated rings. The van der Waals surface area contributed by atoms with Crippen molar-refractivity contribution in [1.82, 2.24) is 15.3 Å². The summed E-state index contributed by atoms with van der Waals surface area (Å²) >= 11 is 1.68. The Morgan fingerprint density at radius 3 is 2.72 bits per heavy atom. The van der Waals surface area contributed by atoms with E-state index in [0.29, 0.717) is 6.61 Å². The van der Waals surface area contributed by atoms with Gasteiger partial charge in [0.1, 0.15) is 17.4 Å². The van der Waals surface area contributed by atoms with Crippen LogP contribution in [0.4, 0.5) is 0 Å². The van der Waals surface area contributed by atoms with E-state index >= 15 is 0 Å². The van der Waals surface area contributed by atoms with Crippen molar-refractivity contribution in [2.75, 3.05) is 7.05 Å². The maximum Gasteiger partial charge on any atom is 0.140 e. The highest BCUT2D eigenvalue weighted by molar-refractivity contribution is 7.11. The zero-order valence-corrected chi connectivity index (χ0v) is 11.7. The highest BCUT2D eigenvalue weighted by Gasteiger charge is 2.04. The van der Waals surface area contributed by atoms with Crippen LogP contribution >= 0.6 is 11.3 Å². The van der Waals surface area contributed by atoms with Gasteiger partial charge in [-0.2, -0.15) is 0 Å². The average Bonchev–Trinajstić information content (AvgIpc) is 2.68. The second-order valence-corrected chi connectivity index (χ2v) is 5.34. The predicted octanol–water partition coefficient (Wildman–Crippen LogP) is 2.45. The third kappa shape index (κ3) is 3.27. The van der Waals surface area contributed by atoms with E-state index in [9.17, 15) is 0 Å². The van der Waals surface area contributed by atoms with Gasteiger partial charge in [-0.05, 0) is 33.0 Å². The molecule has 0 radical (unpaired) electrons. The van der Waals surface area contributed by atoms with Gasteiger partial charge in [0, 0.05) is 11.4 Å². The third-order valence-electron chi connectivity index (χ3n) is 2.59. The molecule has 0 aliphatic rings. The largest absolute Gasteiger partial charge is 0.485 e. The summed E-state index contributed by atoms with van der Waals surface area (Å²) in [5.74, 6) is 0.778. The van der Waals surface area contributed by atoms with Crippen molar-refractivity contribution < 1.29 is 4.74 Å². The first-order valence-electron chi connectivity index (χ1n) is 5.84. The van der Waals surface area contributed by atoms with Crippen LogP contribution in [0.5, 0.6) is 5.75 Å². The molecule has 96 valence electrons. The molecule has 2 aromatic rings. The molecular weight excluding hydrogens is 246 g/mol. The van der Waals surface area contributed by atoms with Gasteiger partial charge in [0.05, 0.1) is 17.6 Å². The molecular formula is C13H17N3OS. The van der Waals surface area contributed by atoms with Crippen LogP contribution in [-0.4, -0.2) is 17.0 Å². The van der Waals surface area contributed by atoms with Crippen molar-refractivity contribution in [1.29, 1.82) is 0 Å². The van der Waals surface area contributed by atoms with Crippen molar-refractivity contribution in [2.45, 2.75) is 27.0 Å². The van der Waals surface area contributed by atoms with Gasteiger partial charge in [0.2, 0.25) is 0 Å². The van der Waals surface area contributed by atoms with Gasteiger partial charge >= 0.3 is 0 Å². The highest BCUT2D eigenvalue weighted by atomic mass is 32.1. The summed E-state index contributed by atoms with van der Waals surface area (Å²) in [6.07, 6.45) is 1.75. The van der Waals surface area contributed by atoms with Crippen LogP contribution in [0.1, 0.15) is 21.3 Å². The van der Waals surface area contributed by atoms with Crippen LogP contribution in [0, 0.1) is 13.8 Å². The normalized spacial score (nSPS) is 10.6. The first kappa shape index (κ1) is 13.0. The summed E-state index contributed by atoms with van der Waals surface area (Å²) in [7, 11) is 1.90. The maximum atomic E-state index is 5.66. The summed E-state index contributed by atoms with van der Waals surface area (Å²) in [5, 5.41) is 4.06.